The number of nitrogens with one attached hydrogen (secondary N) is 1. The molecular formula is C14H20N2O2S. The molecule has 0 atom stereocenters. The van der Waals surface area contributed by atoms with Gasteiger partial charge in [-0.25, -0.2) is 0 Å². The average molecular weight is 280 g/mol. The number of ether oxygens (including phenoxy) is 1. The fourth-order valence-corrected chi connectivity index (χ4v) is 1.53. The molecule has 0 fully saturated rings. The lowest BCUT2D eigenvalue weighted by molar-refractivity contribution is -0.118. The number of rotatable bonds is 5. The van der Waals surface area contributed by atoms with Gasteiger partial charge >= 0.3 is 0 Å². The highest BCUT2D eigenvalue weighted by Gasteiger charge is 2.11. The van der Waals surface area contributed by atoms with Crippen LogP contribution in [0.1, 0.15) is 32.8 Å². The number of benzene rings is 1. The van der Waals surface area contributed by atoms with Crippen molar-refractivity contribution in [3.63, 3.8) is 0 Å². The standard InChI is InChI=1S/C14H20N2O2S/c1-14(2,3)18-9-8-12(17)16-11-6-4-10(5-7-11)13(15)19/h4-7H,8-9H2,1-3H3,(H2,15,19)(H,16,17). The van der Waals surface area contributed by atoms with E-state index < -0.39 is 0 Å². The first-order chi connectivity index (χ1) is 8.78. The summed E-state index contributed by atoms with van der Waals surface area (Å²) >= 11 is 4.86. The minimum atomic E-state index is -0.223. The Kier molecular flexibility index (Phi) is 5.44. The molecular weight excluding hydrogens is 260 g/mol. The average Bonchev–Trinajstić information content (AvgIpc) is 2.27. The number of hydrogen-bond acceptors (Lipinski definition) is 3. The Hall–Kier alpha value is -1.46. The van der Waals surface area contributed by atoms with E-state index in [-0.39, 0.29) is 11.5 Å². The predicted octanol–water partition coefficient (Wildman–Crippen LogP) is 2.46. The molecule has 0 spiro atoms. The maximum absolute atomic E-state index is 11.7. The molecule has 19 heavy (non-hydrogen) atoms. The Morgan fingerprint density at radius 3 is 2.37 bits per heavy atom. The lowest BCUT2D eigenvalue weighted by Gasteiger charge is -2.19. The van der Waals surface area contributed by atoms with Gasteiger partial charge in [-0.3, -0.25) is 4.79 Å². The van der Waals surface area contributed by atoms with Gasteiger partial charge in [0.25, 0.3) is 0 Å². The van der Waals surface area contributed by atoms with E-state index in [1.165, 1.54) is 0 Å². The monoisotopic (exact) mass is 280 g/mol. The summed E-state index contributed by atoms with van der Waals surface area (Å²) in [5.41, 5.74) is 6.78. The van der Waals surface area contributed by atoms with Crippen molar-refractivity contribution in [2.75, 3.05) is 11.9 Å². The lowest BCUT2D eigenvalue weighted by Crippen LogP contribution is -2.22. The highest BCUT2D eigenvalue weighted by Crippen LogP contribution is 2.11. The van der Waals surface area contributed by atoms with E-state index in [1.807, 2.05) is 20.8 Å². The van der Waals surface area contributed by atoms with Gasteiger partial charge in [0.2, 0.25) is 5.91 Å². The summed E-state index contributed by atoms with van der Waals surface area (Å²) < 4.78 is 5.49. The number of amides is 1. The molecule has 5 heteroatoms. The number of hydrogen-bond donors (Lipinski definition) is 2. The molecule has 1 amide bonds. The van der Waals surface area contributed by atoms with Gasteiger partial charge in [0.05, 0.1) is 18.6 Å². The van der Waals surface area contributed by atoms with E-state index in [4.69, 9.17) is 22.7 Å². The molecule has 0 aliphatic rings. The Morgan fingerprint density at radius 1 is 1.32 bits per heavy atom. The molecule has 0 aromatic heterocycles. The minimum Gasteiger partial charge on any atom is -0.389 e. The summed E-state index contributed by atoms with van der Waals surface area (Å²) in [4.78, 5) is 12.0. The van der Waals surface area contributed by atoms with Gasteiger partial charge in [-0.15, -0.1) is 0 Å². The Balaban J connectivity index is 2.42. The minimum absolute atomic E-state index is 0.0766. The molecule has 0 aliphatic heterocycles. The van der Waals surface area contributed by atoms with Crippen molar-refractivity contribution in [1.82, 2.24) is 0 Å². The molecule has 0 unspecified atom stereocenters. The highest BCUT2D eigenvalue weighted by molar-refractivity contribution is 7.80. The summed E-state index contributed by atoms with van der Waals surface area (Å²) in [5.74, 6) is -0.0766. The Morgan fingerprint density at radius 2 is 1.89 bits per heavy atom. The maximum atomic E-state index is 11.7. The zero-order chi connectivity index (χ0) is 14.5. The lowest BCUT2D eigenvalue weighted by atomic mass is 10.2. The normalized spacial score (nSPS) is 11.1. The van der Waals surface area contributed by atoms with Crippen LogP contribution >= 0.6 is 12.2 Å². The number of thiocarbonyl (C=S) groups is 1. The molecule has 0 saturated heterocycles. The molecule has 0 radical (unpaired) electrons. The van der Waals surface area contributed by atoms with Gasteiger partial charge in [-0.2, -0.15) is 0 Å². The van der Waals surface area contributed by atoms with Gasteiger partial charge in [0, 0.05) is 11.3 Å². The van der Waals surface area contributed by atoms with Gasteiger partial charge in [0.15, 0.2) is 0 Å². The quantitative estimate of drug-likeness (QED) is 0.813. The third-order valence-electron chi connectivity index (χ3n) is 2.32. The third kappa shape index (κ3) is 6.31. The van der Waals surface area contributed by atoms with Crippen LogP contribution in [-0.4, -0.2) is 23.1 Å². The first kappa shape index (κ1) is 15.6. The molecule has 1 rings (SSSR count). The van der Waals surface area contributed by atoms with Crippen LogP contribution < -0.4 is 11.1 Å². The molecule has 1 aromatic rings. The van der Waals surface area contributed by atoms with Gasteiger partial charge < -0.3 is 15.8 Å². The predicted molar refractivity (Wildman–Crippen MR) is 81.3 cm³/mol. The maximum Gasteiger partial charge on any atom is 0.226 e. The van der Waals surface area contributed by atoms with Crippen LogP contribution in [0.4, 0.5) is 5.69 Å². The fraction of sp³-hybridized carbons (Fsp3) is 0.429. The largest absolute Gasteiger partial charge is 0.389 e. The van der Waals surface area contributed by atoms with Gasteiger partial charge in [-0.05, 0) is 45.0 Å². The second-order valence-electron chi connectivity index (χ2n) is 5.20. The molecule has 0 aliphatic carbocycles. The molecule has 4 nitrogen and oxygen atoms in total. The van der Waals surface area contributed by atoms with E-state index in [0.29, 0.717) is 18.0 Å². The molecule has 1 aromatic carbocycles. The first-order valence-corrected chi connectivity index (χ1v) is 6.52. The summed E-state index contributed by atoms with van der Waals surface area (Å²) in [6.45, 7) is 6.28. The van der Waals surface area contributed by atoms with Crippen molar-refractivity contribution in [2.24, 2.45) is 5.73 Å². The molecule has 0 saturated carbocycles. The summed E-state index contributed by atoms with van der Waals surface area (Å²) in [6.07, 6.45) is 0.328. The second kappa shape index (κ2) is 6.63. The van der Waals surface area contributed by atoms with Crippen LogP contribution in [0.3, 0.4) is 0 Å². The zero-order valence-electron chi connectivity index (χ0n) is 11.5. The summed E-state index contributed by atoms with van der Waals surface area (Å²) in [7, 11) is 0. The second-order valence-corrected chi connectivity index (χ2v) is 5.64. The van der Waals surface area contributed by atoms with E-state index >= 15 is 0 Å². The van der Waals surface area contributed by atoms with Crippen LogP contribution in [0.25, 0.3) is 0 Å². The zero-order valence-corrected chi connectivity index (χ0v) is 12.3. The first-order valence-electron chi connectivity index (χ1n) is 6.11. The number of anilines is 1. The third-order valence-corrected chi connectivity index (χ3v) is 2.55. The molecule has 0 bridgehead atoms. The van der Waals surface area contributed by atoms with Crippen LogP contribution in [-0.2, 0) is 9.53 Å². The highest BCUT2D eigenvalue weighted by atomic mass is 32.1. The van der Waals surface area contributed by atoms with Crippen molar-refractivity contribution in [2.45, 2.75) is 32.8 Å². The van der Waals surface area contributed by atoms with Crippen LogP contribution in [0, 0.1) is 0 Å². The van der Waals surface area contributed by atoms with Crippen molar-refractivity contribution in [3.8, 4) is 0 Å². The van der Waals surface area contributed by atoms with Crippen molar-refractivity contribution >= 4 is 28.8 Å². The SMILES string of the molecule is CC(C)(C)OCCC(=O)Nc1ccc(C(N)=S)cc1. The summed E-state index contributed by atoms with van der Waals surface area (Å²) in [5, 5.41) is 2.79. The fourth-order valence-electron chi connectivity index (χ4n) is 1.39. The van der Waals surface area contributed by atoms with Gasteiger partial charge in [0.1, 0.15) is 4.99 Å². The summed E-state index contributed by atoms with van der Waals surface area (Å²) in [6, 6.07) is 7.11. The Labute approximate surface area is 119 Å². The van der Waals surface area contributed by atoms with Crippen LogP contribution in [0.5, 0.6) is 0 Å². The van der Waals surface area contributed by atoms with Crippen LogP contribution in [0.15, 0.2) is 24.3 Å². The van der Waals surface area contributed by atoms with Crippen LogP contribution in [0.2, 0.25) is 0 Å². The molecule has 3 N–H and O–H groups in total. The molecule has 0 heterocycles. The van der Waals surface area contributed by atoms with Crippen molar-refractivity contribution < 1.29 is 9.53 Å². The number of carbonyl (C=O) groups is 1. The van der Waals surface area contributed by atoms with E-state index in [0.717, 1.165) is 11.3 Å². The van der Waals surface area contributed by atoms with E-state index in [1.54, 1.807) is 24.3 Å². The van der Waals surface area contributed by atoms with Crippen molar-refractivity contribution in [3.05, 3.63) is 29.8 Å². The van der Waals surface area contributed by atoms with E-state index in [2.05, 4.69) is 5.32 Å². The Bertz CT molecular complexity index is 450. The molecule has 104 valence electrons. The number of nitrogens with two attached hydrogens (primary N) is 1. The topological polar surface area (TPSA) is 64.3 Å². The van der Waals surface area contributed by atoms with Crippen molar-refractivity contribution in [1.29, 1.82) is 0 Å². The number of carbonyl (C=O) groups excluding carboxylic acids is 1. The smallest absolute Gasteiger partial charge is 0.226 e. The van der Waals surface area contributed by atoms with E-state index in [9.17, 15) is 4.79 Å². The van der Waals surface area contributed by atoms with Gasteiger partial charge in [-0.1, -0.05) is 12.2 Å².